The van der Waals surface area contributed by atoms with Crippen LogP contribution in [0, 0.1) is 23.2 Å². The molecule has 1 aromatic rings. The van der Waals surface area contributed by atoms with Crippen LogP contribution in [0.25, 0.3) is 0 Å². The van der Waals surface area contributed by atoms with Crippen molar-refractivity contribution in [2.75, 3.05) is 18.0 Å². The minimum atomic E-state index is 0.214. The number of benzene rings is 1. The van der Waals surface area contributed by atoms with Crippen molar-refractivity contribution in [3.8, 4) is 0 Å². The second kappa shape index (κ2) is 8.43. The first-order valence-electron chi connectivity index (χ1n) is 13.8. The van der Waals surface area contributed by atoms with E-state index in [9.17, 15) is 4.79 Å². The standard InChI is InChI=1S/C31H41NO/c1-21(33)29-14-15-30-28-13-9-24-20-23(8-12-26(24)27(28)16-17-31(29,30)2)22-6-10-25(11-7-22)32-18-4-3-5-19-32/h6-7,10-11,16,23,28-30H,3-5,8-9,12-15,17-20H2,1-2H3/t23?,28-,29-,30+,31-/m1/s1. The normalized spacial score (nSPS) is 36.1. The molecule has 2 fully saturated rings. The van der Waals surface area contributed by atoms with Gasteiger partial charge in [0.15, 0.2) is 0 Å². The number of carbonyl (C=O) groups is 1. The number of Topliss-reactive ketones (excluding diaryl/α,β-unsaturated/α-hetero) is 1. The van der Waals surface area contributed by atoms with E-state index in [1.54, 1.807) is 22.3 Å². The summed E-state index contributed by atoms with van der Waals surface area (Å²) in [5.41, 5.74) is 8.40. The van der Waals surface area contributed by atoms with E-state index >= 15 is 0 Å². The highest BCUT2D eigenvalue weighted by Crippen LogP contribution is 2.61. The Bertz CT molecular complexity index is 979. The van der Waals surface area contributed by atoms with E-state index in [1.165, 1.54) is 76.6 Å². The van der Waals surface area contributed by atoms with Crippen LogP contribution in [0.5, 0.6) is 0 Å². The maximum Gasteiger partial charge on any atom is 0.133 e. The summed E-state index contributed by atoms with van der Waals surface area (Å²) in [5, 5.41) is 0. The third-order valence-corrected chi connectivity index (χ3v) is 10.4. The minimum Gasteiger partial charge on any atom is -0.372 e. The fourth-order valence-corrected chi connectivity index (χ4v) is 8.63. The van der Waals surface area contributed by atoms with Gasteiger partial charge in [-0.05, 0) is 130 Å². The Labute approximate surface area is 200 Å². The molecule has 0 amide bonds. The molecule has 1 heterocycles. The quantitative estimate of drug-likeness (QED) is 0.479. The molecule has 0 aromatic heterocycles. The zero-order chi connectivity index (χ0) is 22.6. The topological polar surface area (TPSA) is 20.3 Å². The third-order valence-electron chi connectivity index (χ3n) is 10.4. The van der Waals surface area contributed by atoms with Crippen molar-refractivity contribution in [2.24, 2.45) is 23.2 Å². The van der Waals surface area contributed by atoms with E-state index in [1.807, 2.05) is 6.92 Å². The maximum atomic E-state index is 12.3. The number of fused-ring (bicyclic) bond motifs is 4. The van der Waals surface area contributed by atoms with E-state index in [-0.39, 0.29) is 5.41 Å². The van der Waals surface area contributed by atoms with Gasteiger partial charge in [-0.1, -0.05) is 30.7 Å². The summed E-state index contributed by atoms with van der Waals surface area (Å²) < 4.78 is 0. The number of anilines is 1. The molecule has 4 aliphatic carbocycles. The number of carbonyl (C=O) groups excluding carboxylic acids is 1. The van der Waals surface area contributed by atoms with Gasteiger partial charge in [-0.3, -0.25) is 4.79 Å². The van der Waals surface area contributed by atoms with Gasteiger partial charge in [-0.2, -0.15) is 0 Å². The molecule has 0 spiro atoms. The van der Waals surface area contributed by atoms with Crippen LogP contribution in [0.4, 0.5) is 5.69 Å². The molecule has 33 heavy (non-hydrogen) atoms. The van der Waals surface area contributed by atoms with Crippen molar-refractivity contribution in [2.45, 2.75) is 90.4 Å². The van der Waals surface area contributed by atoms with Crippen LogP contribution < -0.4 is 4.90 Å². The largest absolute Gasteiger partial charge is 0.372 e. The van der Waals surface area contributed by atoms with Crippen LogP contribution in [-0.4, -0.2) is 18.9 Å². The molecule has 1 aliphatic heterocycles. The molecule has 1 aromatic carbocycles. The van der Waals surface area contributed by atoms with Gasteiger partial charge >= 0.3 is 0 Å². The second-order valence-electron chi connectivity index (χ2n) is 12.0. The van der Waals surface area contributed by atoms with E-state index in [4.69, 9.17) is 0 Å². The van der Waals surface area contributed by atoms with Crippen molar-refractivity contribution in [3.05, 3.63) is 52.6 Å². The van der Waals surface area contributed by atoms with Gasteiger partial charge in [0, 0.05) is 24.7 Å². The van der Waals surface area contributed by atoms with Gasteiger partial charge in [0.1, 0.15) is 5.78 Å². The summed E-state index contributed by atoms with van der Waals surface area (Å²) in [6.07, 6.45) is 16.6. The first-order valence-corrected chi connectivity index (χ1v) is 13.8. The first kappa shape index (κ1) is 21.7. The van der Waals surface area contributed by atoms with E-state index < -0.39 is 0 Å². The van der Waals surface area contributed by atoms with Crippen molar-refractivity contribution in [1.29, 1.82) is 0 Å². The third kappa shape index (κ3) is 3.63. The number of hydrogen-bond acceptors (Lipinski definition) is 2. The van der Waals surface area contributed by atoms with Crippen molar-refractivity contribution < 1.29 is 4.79 Å². The molecule has 176 valence electrons. The number of nitrogens with zero attached hydrogens (tertiary/aromatic N) is 1. The van der Waals surface area contributed by atoms with Crippen molar-refractivity contribution >= 4 is 11.5 Å². The maximum absolute atomic E-state index is 12.3. The van der Waals surface area contributed by atoms with Crippen molar-refractivity contribution in [3.63, 3.8) is 0 Å². The van der Waals surface area contributed by atoms with Gasteiger partial charge in [0.25, 0.3) is 0 Å². The molecule has 0 bridgehead atoms. The molecule has 5 aliphatic rings. The molecule has 0 radical (unpaired) electrons. The monoisotopic (exact) mass is 443 g/mol. The number of piperidine rings is 1. The summed E-state index contributed by atoms with van der Waals surface area (Å²) in [4.78, 5) is 14.9. The highest BCUT2D eigenvalue weighted by Gasteiger charge is 2.54. The number of rotatable bonds is 3. The van der Waals surface area contributed by atoms with E-state index in [2.05, 4.69) is 42.2 Å². The second-order valence-corrected chi connectivity index (χ2v) is 12.0. The number of ketones is 1. The van der Waals surface area contributed by atoms with E-state index in [0.29, 0.717) is 23.5 Å². The number of allylic oxidation sites excluding steroid dienone is 4. The molecule has 1 saturated heterocycles. The average molecular weight is 444 g/mol. The fraction of sp³-hybridized carbons (Fsp3) is 0.645. The zero-order valence-electron chi connectivity index (χ0n) is 20.7. The van der Waals surface area contributed by atoms with Gasteiger partial charge < -0.3 is 4.90 Å². The summed E-state index contributed by atoms with van der Waals surface area (Å²) in [5.74, 6) is 2.85. The van der Waals surface area contributed by atoms with Gasteiger partial charge in [-0.25, -0.2) is 0 Å². The Balaban J connectivity index is 1.19. The predicted octanol–water partition coefficient (Wildman–Crippen LogP) is 7.60. The molecule has 2 heteroatoms. The highest BCUT2D eigenvalue weighted by atomic mass is 16.1. The fourth-order valence-electron chi connectivity index (χ4n) is 8.63. The van der Waals surface area contributed by atoms with Crippen LogP contribution in [0.2, 0.25) is 0 Å². The number of hydrogen-bond donors (Lipinski definition) is 0. The molecule has 2 nitrogen and oxygen atoms in total. The lowest BCUT2D eigenvalue weighted by Crippen LogP contribution is -2.40. The predicted molar refractivity (Wildman–Crippen MR) is 137 cm³/mol. The summed E-state index contributed by atoms with van der Waals surface area (Å²) >= 11 is 0. The smallest absolute Gasteiger partial charge is 0.133 e. The molecule has 1 unspecified atom stereocenters. The highest BCUT2D eigenvalue weighted by molar-refractivity contribution is 5.79. The zero-order valence-corrected chi connectivity index (χ0v) is 20.7. The van der Waals surface area contributed by atoms with Crippen molar-refractivity contribution in [1.82, 2.24) is 0 Å². The lowest BCUT2D eigenvalue weighted by atomic mass is 9.56. The average Bonchev–Trinajstić information content (AvgIpc) is 3.22. The van der Waals surface area contributed by atoms with Crippen LogP contribution in [-0.2, 0) is 4.79 Å². The molecule has 6 rings (SSSR count). The van der Waals surface area contributed by atoms with Gasteiger partial charge in [-0.15, -0.1) is 0 Å². The molecule has 1 saturated carbocycles. The van der Waals surface area contributed by atoms with Crippen LogP contribution in [0.15, 0.2) is 47.1 Å². The first-order chi connectivity index (χ1) is 16.0. The molecular weight excluding hydrogens is 402 g/mol. The Kier molecular flexibility index (Phi) is 5.54. The van der Waals surface area contributed by atoms with Gasteiger partial charge in [0.05, 0.1) is 0 Å². The van der Waals surface area contributed by atoms with Crippen LogP contribution >= 0.6 is 0 Å². The van der Waals surface area contributed by atoms with Crippen LogP contribution in [0.3, 0.4) is 0 Å². The molecule has 0 N–H and O–H groups in total. The summed E-state index contributed by atoms with van der Waals surface area (Å²) in [6, 6.07) is 9.63. The van der Waals surface area contributed by atoms with E-state index in [0.717, 1.165) is 18.8 Å². The Morgan fingerprint density at radius 3 is 2.52 bits per heavy atom. The Morgan fingerprint density at radius 2 is 1.76 bits per heavy atom. The van der Waals surface area contributed by atoms with Gasteiger partial charge in [0.2, 0.25) is 0 Å². The Morgan fingerprint density at radius 1 is 0.970 bits per heavy atom. The minimum absolute atomic E-state index is 0.214. The SMILES string of the molecule is CC(=O)[C@H]1CC[C@H]2[C@@H]3CCC4=C(CCC(c5ccc(N6CCCCC6)cc5)C4)C3=CC[C@]12C. The Hall–Kier alpha value is -1.83. The molecule has 5 atom stereocenters. The lowest BCUT2D eigenvalue weighted by molar-refractivity contribution is -0.124. The summed E-state index contributed by atoms with van der Waals surface area (Å²) in [6.45, 7) is 6.71. The molecular formula is C31H41NO. The summed E-state index contributed by atoms with van der Waals surface area (Å²) in [7, 11) is 0. The lowest BCUT2D eigenvalue weighted by Gasteiger charge is -2.48. The van der Waals surface area contributed by atoms with Crippen LogP contribution in [0.1, 0.15) is 96.0 Å².